The molecule has 0 aromatic carbocycles. The zero-order chi connectivity index (χ0) is 13.6. The van der Waals surface area contributed by atoms with Gasteiger partial charge in [0.2, 0.25) is 10.0 Å². The van der Waals surface area contributed by atoms with Crippen molar-refractivity contribution >= 4 is 16.0 Å². The van der Waals surface area contributed by atoms with Crippen molar-refractivity contribution in [3.63, 3.8) is 0 Å². The molecule has 0 unspecified atom stereocenters. The van der Waals surface area contributed by atoms with Gasteiger partial charge in [0, 0.05) is 32.7 Å². The quantitative estimate of drug-likeness (QED) is 0.595. The summed E-state index contributed by atoms with van der Waals surface area (Å²) in [6, 6.07) is 0. The van der Waals surface area contributed by atoms with Crippen LogP contribution in [-0.2, 0) is 19.6 Å². The van der Waals surface area contributed by atoms with Crippen LogP contribution >= 0.6 is 0 Å². The average molecular weight is 280 g/mol. The summed E-state index contributed by atoms with van der Waals surface area (Å²) >= 11 is 0. The van der Waals surface area contributed by atoms with E-state index in [4.69, 9.17) is 5.11 Å². The highest BCUT2D eigenvalue weighted by atomic mass is 32.2. The Balaban J connectivity index is 2.43. The minimum atomic E-state index is -3.38. The van der Waals surface area contributed by atoms with Gasteiger partial charge in [-0.15, -0.1) is 0 Å². The van der Waals surface area contributed by atoms with Gasteiger partial charge in [0.05, 0.1) is 25.9 Å². The highest BCUT2D eigenvalue weighted by Gasteiger charge is 2.27. The number of carbonyl (C=O) groups excluding carboxylic acids is 1. The topological polar surface area (TPSA) is 87.2 Å². The van der Waals surface area contributed by atoms with Crippen molar-refractivity contribution in [2.75, 3.05) is 52.2 Å². The van der Waals surface area contributed by atoms with Crippen molar-refractivity contribution in [2.45, 2.75) is 6.42 Å². The van der Waals surface area contributed by atoms with E-state index in [1.165, 1.54) is 11.4 Å². The van der Waals surface area contributed by atoms with Gasteiger partial charge in [-0.05, 0) is 0 Å². The summed E-state index contributed by atoms with van der Waals surface area (Å²) in [6.45, 7) is 2.67. The molecule has 0 aromatic heterocycles. The highest BCUT2D eigenvalue weighted by Crippen LogP contribution is 2.09. The summed E-state index contributed by atoms with van der Waals surface area (Å²) in [6.07, 6.45) is -0.115. The molecule has 0 saturated carbocycles. The van der Waals surface area contributed by atoms with E-state index in [1.807, 2.05) is 4.90 Å². The van der Waals surface area contributed by atoms with Crippen LogP contribution in [0.15, 0.2) is 0 Å². The first-order valence-electron chi connectivity index (χ1n) is 5.87. The number of ether oxygens (including phenoxy) is 1. The SMILES string of the molecule is COC(=O)CCS(=O)(=O)N1CCN(CCO)CC1. The Morgan fingerprint density at radius 3 is 2.39 bits per heavy atom. The number of carbonyl (C=O) groups is 1. The van der Waals surface area contributed by atoms with Crippen LogP contribution in [0.4, 0.5) is 0 Å². The Morgan fingerprint density at radius 2 is 1.89 bits per heavy atom. The Bertz CT molecular complexity index is 362. The number of rotatable bonds is 6. The minimum absolute atomic E-state index is 0.0785. The smallest absolute Gasteiger partial charge is 0.306 e. The molecule has 1 fully saturated rings. The molecular formula is C10H20N2O5S. The highest BCUT2D eigenvalue weighted by molar-refractivity contribution is 7.89. The van der Waals surface area contributed by atoms with Crippen LogP contribution in [0.25, 0.3) is 0 Å². The molecule has 1 rings (SSSR count). The second-order valence-electron chi connectivity index (χ2n) is 4.11. The predicted octanol–water partition coefficient (Wildman–Crippen LogP) is -1.51. The standard InChI is InChI=1S/C10H20N2O5S/c1-17-10(14)2-9-18(15,16)12-5-3-11(4-6-12)7-8-13/h13H,2-9H2,1H3. The molecule has 1 N–H and O–H groups in total. The van der Waals surface area contributed by atoms with E-state index in [9.17, 15) is 13.2 Å². The number of nitrogens with zero attached hydrogens (tertiary/aromatic N) is 2. The molecule has 106 valence electrons. The zero-order valence-electron chi connectivity index (χ0n) is 10.5. The number of hydrogen-bond acceptors (Lipinski definition) is 6. The van der Waals surface area contributed by atoms with Crippen molar-refractivity contribution in [3.05, 3.63) is 0 Å². The van der Waals surface area contributed by atoms with Crippen LogP contribution < -0.4 is 0 Å². The van der Waals surface area contributed by atoms with Gasteiger partial charge in [0.15, 0.2) is 0 Å². The Hall–Kier alpha value is -0.700. The lowest BCUT2D eigenvalue weighted by Crippen LogP contribution is -2.49. The lowest BCUT2D eigenvalue weighted by Gasteiger charge is -2.33. The van der Waals surface area contributed by atoms with Crippen LogP contribution in [0.5, 0.6) is 0 Å². The minimum Gasteiger partial charge on any atom is -0.469 e. The molecule has 7 nitrogen and oxygen atoms in total. The normalized spacial score (nSPS) is 18.8. The predicted molar refractivity (Wildman–Crippen MR) is 65.5 cm³/mol. The lowest BCUT2D eigenvalue weighted by molar-refractivity contribution is -0.140. The van der Waals surface area contributed by atoms with Crippen LogP contribution in [0.1, 0.15) is 6.42 Å². The molecule has 0 radical (unpaired) electrons. The first-order valence-corrected chi connectivity index (χ1v) is 7.48. The summed E-state index contributed by atoms with van der Waals surface area (Å²) in [7, 11) is -2.14. The van der Waals surface area contributed by atoms with Crippen LogP contribution in [-0.4, -0.2) is 80.9 Å². The van der Waals surface area contributed by atoms with Crippen LogP contribution in [0.2, 0.25) is 0 Å². The zero-order valence-corrected chi connectivity index (χ0v) is 11.4. The van der Waals surface area contributed by atoms with Gasteiger partial charge >= 0.3 is 5.97 Å². The third-order valence-electron chi connectivity index (χ3n) is 2.93. The summed E-state index contributed by atoms with van der Waals surface area (Å²) in [5, 5.41) is 8.79. The molecule has 0 atom stereocenters. The van der Waals surface area contributed by atoms with Gasteiger partial charge in [0.25, 0.3) is 0 Å². The van der Waals surface area contributed by atoms with Gasteiger partial charge < -0.3 is 9.84 Å². The molecule has 1 heterocycles. The van der Waals surface area contributed by atoms with Crippen molar-refractivity contribution < 1.29 is 23.1 Å². The van der Waals surface area contributed by atoms with Crippen molar-refractivity contribution in [1.29, 1.82) is 0 Å². The molecular weight excluding hydrogens is 260 g/mol. The molecule has 0 bridgehead atoms. The Labute approximate surface area is 107 Å². The third kappa shape index (κ3) is 4.52. The fraction of sp³-hybridized carbons (Fsp3) is 0.900. The van der Waals surface area contributed by atoms with Crippen molar-refractivity contribution in [3.8, 4) is 0 Å². The number of esters is 1. The fourth-order valence-corrected chi connectivity index (χ4v) is 3.22. The first-order chi connectivity index (χ1) is 8.49. The van der Waals surface area contributed by atoms with E-state index in [2.05, 4.69) is 4.74 Å². The molecule has 1 aliphatic rings. The largest absolute Gasteiger partial charge is 0.469 e. The number of sulfonamides is 1. The Morgan fingerprint density at radius 1 is 1.28 bits per heavy atom. The summed E-state index contributed by atoms with van der Waals surface area (Å²) < 4.78 is 29.7. The van der Waals surface area contributed by atoms with Gasteiger partial charge in [-0.1, -0.05) is 0 Å². The van der Waals surface area contributed by atoms with E-state index < -0.39 is 16.0 Å². The number of aliphatic hydroxyl groups is 1. The molecule has 0 amide bonds. The van der Waals surface area contributed by atoms with Gasteiger partial charge in [-0.3, -0.25) is 9.69 Å². The maximum Gasteiger partial charge on any atom is 0.306 e. The molecule has 0 spiro atoms. The fourth-order valence-electron chi connectivity index (χ4n) is 1.82. The number of hydrogen-bond donors (Lipinski definition) is 1. The van der Waals surface area contributed by atoms with Gasteiger partial charge in [-0.25, -0.2) is 8.42 Å². The average Bonchev–Trinajstić information content (AvgIpc) is 2.37. The number of piperazine rings is 1. The first kappa shape index (κ1) is 15.4. The van der Waals surface area contributed by atoms with E-state index in [-0.39, 0.29) is 18.8 Å². The van der Waals surface area contributed by atoms with E-state index >= 15 is 0 Å². The van der Waals surface area contributed by atoms with E-state index in [0.29, 0.717) is 32.7 Å². The molecule has 0 aromatic rings. The van der Waals surface area contributed by atoms with Crippen LogP contribution in [0.3, 0.4) is 0 Å². The lowest BCUT2D eigenvalue weighted by atomic mass is 10.4. The maximum absolute atomic E-state index is 11.9. The number of aliphatic hydroxyl groups excluding tert-OH is 1. The van der Waals surface area contributed by atoms with Crippen LogP contribution in [0, 0.1) is 0 Å². The third-order valence-corrected chi connectivity index (χ3v) is 4.80. The summed E-state index contributed by atoms with van der Waals surface area (Å²) in [5.41, 5.74) is 0. The second-order valence-corrected chi connectivity index (χ2v) is 6.19. The monoisotopic (exact) mass is 280 g/mol. The molecule has 0 aliphatic carbocycles. The van der Waals surface area contributed by atoms with Gasteiger partial charge in [-0.2, -0.15) is 4.31 Å². The summed E-state index contributed by atoms with van der Waals surface area (Å²) in [5.74, 6) is -0.725. The van der Waals surface area contributed by atoms with Crippen molar-refractivity contribution in [2.24, 2.45) is 0 Å². The second kappa shape index (κ2) is 7.03. The van der Waals surface area contributed by atoms with E-state index in [1.54, 1.807) is 0 Å². The molecule has 1 saturated heterocycles. The maximum atomic E-state index is 11.9. The summed E-state index contributed by atoms with van der Waals surface area (Å²) in [4.78, 5) is 12.9. The molecule has 18 heavy (non-hydrogen) atoms. The number of β-amino-alcohol motifs (C(OH)–C–C–N with tert-alkyl or cyclic N) is 1. The number of methoxy groups -OCH3 is 1. The van der Waals surface area contributed by atoms with Gasteiger partial charge in [0.1, 0.15) is 0 Å². The van der Waals surface area contributed by atoms with Crippen molar-refractivity contribution in [1.82, 2.24) is 9.21 Å². The molecule has 1 aliphatic heterocycles. The molecule has 8 heteroatoms. The van der Waals surface area contributed by atoms with E-state index in [0.717, 1.165) is 0 Å². The Kier molecular flexibility index (Phi) is 6.00.